The van der Waals surface area contributed by atoms with Crippen LogP contribution in [0.25, 0.3) is 0 Å². The Kier molecular flexibility index (Phi) is 11.7. The molecule has 0 saturated heterocycles. The van der Waals surface area contributed by atoms with Crippen molar-refractivity contribution in [3.8, 4) is 0 Å². The minimum absolute atomic E-state index is 0.101. The third kappa shape index (κ3) is 9.70. The van der Waals surface area contributed by atoms with E-state index in [1.54, 1.807) is 6.08 Å². The second-order valence-electron chi connectivity index (χ2n) is 7.03. The van der Waals surface area contributed by atoms with Crippen molar-refractivity contribution in [1.82, 2.24) is 0 Å². The second kappa shape index (κ2) is 13.5. The zero-order valence-electron chi connectivity index (χ0n) is 16.2. The van der Waals surface area contributed by atoms with Crippen LogP contribution in [0.2, 0.25) is 0 Å². The topological polar surface area (TPSA) is 98.0 Å². The Morgan fingerprint density at radius 1 is 1.04 bits per heavy atom. The summed E-state index contributed by atoms with van der Waals surface area (Å²) < 4.78 is 0. The molecule has 0 aromatic carbocycles. The Balaban J connectivity index is 2.47. The van der Waals surface area contributed by atoms with Gasteiger partial charge in [0, 0.05) is 18.8 Å². The molecule has 0 amide bonds. The lowest BCUT2D eigenvalue weighted by Crippen LogP contribution is -2.20. The third-order valence-electron chi connectivity index (χ3n) is 4.81. The van der Waals surface area contributed by atoms with Crippen LogP contribution in [0.3, 0.4) is 0 Å². The summed E-state index contributed by atoms with van der Waals surface area (Å²) in [4.78, 5) is 10.5. The Morgan fingerprint density at radius 3 is 2.30 bits per heavy atom. The minimum Gasteiger partial charge on any atom is -0.481 e. The van der Waals surface area contributed by atoms with Gasteiger partial charge in [0.2, 0.25) is 0 Å². The van der Waals surface area contributed by atoms with Gasteiger partial charge in [0.05, 0.1) is 18.3 Å². The van der Waals surface area contributed by atoms with E-state index in [1.807, 2.05) is 6.08 Å². The maximum absolute atomic E-state index is 10.5. The van der Waals surface area contributed by atoms with Crippen molar-refractivity contribution in [2.45, 2.75) is 70.2 Å². The summed E-state index contributed by atoms with van der Waals surface area (Å²) in [5.41, 5.74) is 0. The molecule has 0 aromatic heterocycles. The van der Waals surface area contributed by atoms with Crippen molar-refractivity contribution in [3.05, 3.63) is 48.6 Å². The van der Waals surface area contributed by atoms with Gasteiger partial charge in [-0.05, 0) is 38.0 Å². The molecule has 5 atom stereocenters. The monoisotopic (exact) mass is 378 g/mol. The molecular formula is C22H34O5. The van der Waals surface area contributed by atoms with Crippen LogP contribution in [-0.2, 0) is 4.79 Å². The van der Waals surface area contributed by atoms with Crippen molar-refractivity contribution >= 4 is 5.97 Å². The average molecular weight is 379 g/mol. The highest BCUT2D eigenvalue weighted by Crippen LogP contribution is 2.36. The van der Waals surface area contributed by atoms with Gasteiger partial charge in [-0.1, -0.05) is 55.5 Å². The molecule has 0 heterocycles. The maximum atomic E-state index is 10.5. The number of carboxylic acid groups (broad SMARTS) is 1. The molecule has 0 radical (unpaired) electrons. The van der Waals surface area contributed by atoms with Crippen LogP contribution in [0, 0.1) is 11.8 Å². The Morgan fingerprint density at radius 2 is 1.67 bits per heavy atom. The molecule has 1 rings (SSSR count). The predicted octanol–water partition coefficient (Wildman–Crippen LogP) is 3.38. The molecule has 1 aliphatic rings. The number of hydrogen-bond donors (Lipinski definition) is 4. The highest BCUT2D eigenvalue weighted by Gasteiger charge is 2.39. The van der Waals surface area contributed by atoms with Crippen LogP contribution in [0.1, 0.15) is 51.9 Å². The van der Waals surface area contributed by atoms with Gasteiger partial charge in [-0.2, -0.15) is 0 Å². The summed E-state index contributed by atoms with van der Waals surface area (Å²) in [6, 6.07) is 0. The lowest BCUT2D eigenvalue weighted by atomic mass is 9.89. The largest absolute Gasteiger partial charge is 0.481 e. The van der Waals surface area contributed by atoms with Gasteiger partial charge in [0.15, 0.2) is 0 Å². The van der Waals surface area contributed by atoms with Crippen molar-refractivity contribution in [3.63, 3.8) is 0 Å². The van der Waals surface area contributed by atoms with E-state index in [9.17, 15) is 20.1 Å². The van der Waals surface area contributed by atoms with E-state index in [-0.39, 0.29) is 24.7 Å². The fraction of sp³-hybridized carbons (Fsp3) is 0.591. The summed E-state index contributed by atoms with van der Waals surface area (Å²) in [5.74, 6) is -1.29. The van der Waals surface area contributed by atoms with Crippen molar-refractivity contribution in [1.29, 1.82) is 0 Å². The molecule has 1 aliphatic carbocycles. The van der Waals surface area contributed by atoms with Crippen LogP contribution < -0.4 is 0 Å². The number of rotatable bonds is 12. The van der Waals surface area contributed by atoms with Crippen LogP contribution in [-0.4, -0.2) is 44.7 Å². The van der Waals surface area contributed by atoms with Crippen LogP contribution >= 0.6 is 0 Å². The van der Waals surface area contributed by atoms with Gasteiger partial charge >= 0.3 is 5.97 Å². The number of aliphatic hydroxyl groups is 3. The number of hydrogen-bond acceptors (Lipinski definition) is 4. The number of carboxylic acids is 1. The van der Waals surface area contributed by atoms with E-state index >= 15 is 0 Å². The summed E-state index contributed by atoms with van der Waals surface area (Å²) in [6.07, 6.45) is 17.6. The molecule has 1 saturated carbocycles. The molecule has 0 unspecified atom stereocenters. The van der Waals surface area contributed by atoms with E-state index in [2.05, 4.69) is 37.3 Å². The van der Waals surface area contributed by atoms with Crippen LogP contribution in [0.4, 0.5) is 0 Å². The molecule has 152 valence electrons. The fourth-order valence-corrected chi connectivity index (χ4v) is 3.29. The SMILES string of the molecule is CC/C=C\C/C=C\C/C=C\C[C@H]1[C@H](/C=C/[C@H](O)CCC(=O)O)[C@@H](O)C[C@H]1O. The highest BCUT2D eigenvalue weighted by molar-refractivity contribution is 5.66. The van der Waals surface area contributed by atoms with Crippen LogP contribution in [0.15, 0.2) is 48.6 Å². The van der Waals surface area contributed by atoms with Crippen molar-refractivity contribution < 1.29 is 25.2 Å². The molecule has 5 nitrogen and oxygen atoms in total. The van der Waals surface area contributed by atoms with Crippen molar-refractivity contribution in [2.24, 2.45) is 11.8 Å². The van der Waals surface area contributed by atoms with Crippen molar-refractivity contribution in [2.75, 3.05) is 0 Å². The molecule has 27 heavy (non-hydrogen) atoms. The highest BCUT2D eigenvalue weighted by atomic mass is 16.4. The lowest BCUT2D eigenvalue weighted by molar-refractivity contribution is -0.137. The van der Waals surface area contributed by atoms with E-state index < -0.39 is 24.3 Å². The van der Waals surface area contributed by atoms with Gasteiger partial charge < -0.3 is 20.4 Å². The standard InChI is InChI=1S/C22H34O5/c1-2-3-4-5-6-7-8-9-10-11-18-19(21(25)16-20(18)24)14-12-17(23)13-15-22(26)27/h3-4,6-7,9-10,12,14,17-21,23-25H,2,5,8,11,13,15-16H2,1H3,(H,26,27)/b4-3-,7-6-,10-9-,14-12+/t17-,18-,19-,20+,21-/m0/s1. The minimum atomic E-state index is -0.947. The molecule has 0 aromatic rings. The van der Waals surface area contributed by atoms with Gasteiger partial charge in [-0.3, -0.25) is 4.79 Å². The van der Waals surface area contributed by atoms with Gasteiger partial charge in [0.1, 0.15) is 0 Å². The lowest BCUT2D eigenvalue weighted by Gasteiger charge is -2.19. The number of aliphatic hydroxyl groups excluding tert-OH is 3. The Bertz CT molecular complexity index is 535. The first-order valence-electron chi connectivity index (χ1n) is 9.85. The molecule has 4 N–H and O–H groups in total. The van der Waals surface area contributed by atoms with E-state index in [1.165, 1.54) is 6.08 Å². The number of carbonyl (C=O) groups is 1. The average Bonchev–Trinajstić information content (AvgIpc) is 2.89. The summed E-state index contributed by atoms with van der Waals surface area (Å²) in [7, 11) is 0. The van der Waals surface area contributed by atoms with E-state index in [0.29, 0.717) is 12.8 Å². The second-order valence-corrected chi connectivity index (χ2v) is 7.03. The molecule has 5 heteroatoms. The Labute approximate surface area is 162 Å². The summed E-state index contributed by atoms with van der Waals surface area (Å²) in [6.45, 7) is 2.11. The first-order valence-corrected chi connectivity index (χ1v) is 9.85. The first-order chi connectivity index (χ1) is 13.0. The molecule has 1 fully saturated rings. The normalized spacial score (nSPS) is 27.6. The zero-order chi connectivity index (χ0) is 20.1. The predicted molar refractivity (Wildman–Crippen MR) is 107 cm³/mol. The quantitative estimate of drug-likeness (QED) is 0.390. The first kappa shape index (κ1) is 23.3. The number of allylic oxidation sites excluding steroid dienone is 6. The molecule has 0 spiro atoms. The van der Waals surface area contributed by atoms with Gasteiger partial charge in [-0.25, -0.2) is 0 Å². The fourth-order valence-electron chi connectivity index (χ4n) is 3.29. The van der Waals surface area contributed by atoms with Gasteiger partial charge in [-0.15, -0.1) is 0 Å². The summed E-state index contributed by atoms with van der Waals surface area (Å²) in [5, 5.41) is 38.9. The zero-order valence-corrected chi connectivity index (χ0v) is 16.2. The summed E-state index contributed by atoms with van der Waals surface area (Å²) >= 11 is 0. The maximum Gasteiger partial charge on any atom is 0.303 e. The van der Waals surface area contributed by atoms with Gasteiger partial charge in [0.25, 0.3) is 0 Å². The molecule has 0 bridgehead atoms. The number of aliphatic carboxylic acids is 1. The molecular weight excluding hydrogens is 344 g/mol. The van der Waals surface area contributed by atoms with Crippen LogP contribution in [0.5, 0.6) is 0 Å². The van der Waals surface area contributed by atoms with E-state index in [0.717, 1.165) is 19.3 Å². The smallest absolute Gasteiger partial charge is 0.303 e. The Hall–Kier alpha value is -1.69. The third-order valence-corrected chi connectivity index (χ3v) is 4.81. The molecule has 0 aliphatic heterocycles. The van der Waals surface area contributed by atoms with E-state index in [4.69, 9.17) is 5.11 Å².